The molecular weight excluding hydrogens is 1010 g/mol. The molecule has 0 aliphatic carbocycles. The number of amides is 7. The lowest BCUT2D eigenvalue weighted by molar-refractivity contribution is -0.143. The first-order chi connectivity index (χ1) is 37.7. The Balaban J connectivity index is 0.830. The summed E-state index contributed by atoms with van der Waals surface area (Å²) in [6.45, 7) is 5.08. The summed E-state index contributed by atoms with van der Waals surface area (Å²) in [4.78, 5) is 132. The second-order valence-corrected chi connectivity index (χ2v) is 21.4. The van der Waals surface area contributed by atoms with Gasteiger partial charge >= 0.3 is 11.9 Å². The number of carboxylic acids is 2. The van der Waals surface area contributed by atoms with Crippen molar-refractivity contribution in [3.05, 3.63) is 129 Å². The summed E-state index contributed by atoms with van der Waals surface area (Å²) in [5.41, 5.74) is 8.35. The van der Waals surface area contributed by atoms with E-state index in [-0.39, 0.29) is 37.1 Å². The number of aldehydes is 1. The van der Waals surface area contributed by atoms with E-state index in [1.165, 1.54) is 4.90 Å². The number of aryl methyl sites for hydroxylation is 1. The van der Waals surface area contributed by atoms with Gasteiger partial charge in [-0.15, -0.1) is 0 Å². The number of anilines is 2. The van der Waals surface area contributed by atoms with Crippen molar-refractivity contribution >= 4 is 70.9 Å². The van der Waals surface area contributed by atoms with Gasteiger partial charge in [0.25, 0.3) is 0 Å². The predicted molar refractivity (Wildman–Crippen MR) is 289 cm³/mol. The maximum absolute atomic E-state index is 13.9. The number of carbonyl (C=O) groups is 10. The molecular formula is C58H67N9O12. The second kappa shape index (κ2) is 24.8. The number of benzene rings is 4. The van der Waals surface area contributed by atoms with Crippen LogP contribution in [-0.2, 0) is 80.0 Å². The van der Waals surface area contributed by atoms with Crippen molar-refractivity contribution in [2.45, 2.75) is 121 Å². The van der Waals surface area contributed by atoms with Crippen molar-refractivity contribution in [2.24, 2.45) is 0 Å². The number of fused-ring (bicyclic) bond motifs is 4. The van der Waals surface area contributed by atoms with Crippen LogP contribution in [0.4, 0.5) is 11.4 Å². The normalized spacial score (nSPS) is 18.2. The molecule has 0 bridgehead atoms. The summed E-state index contributed by atoms with van der Waals surface area (Å²) >= 11 is 0. The van der Waals surface area contributed by atoms with Crippen molar-refractivity contribution in [2.75, 3.05) is 43.4 Å². The van der Waals surface area contributed by atoms with E-state index in [4.69, 9.17) is 0 Å². The molecule has 0 saturated heterocycles. The number of hydrogen-bond donors (Lipinski definition) is 9. The Hall–Kier alpha value is -8.62. The number of carbonyl (C=O) groups excluding carboxylic acids is 8. The lowest BCUT2D eigenvalue weighted by Crippen LogP contribution is -2.53. The van der Waals surface area contributed by atoms with Gasteiger partial charge in [-0.2, -0.15) is 0 Å². The van der Waals surface area contributed by atoms with Crippen molar-refractivity contribution < 1.29 is 58.2 Å². The number of nitrogens with zero attached hydrogens (tertiary/aromatic N) is 2. The van der Waals surface area contributed by atoms with E-state index in [0.717, 1.165) is 55.9 Å². The molecule has 0 unspecified atom stereocenters. The van der Waals surface area contributed by atoms with E-state index in [0.29, 0.717) is 69.9 Å². The quantitative estimate of drug-likeness (QED) is 0.0404. The van der Waals surface area contributed by atoms with Crippen LogP contribution in [0.25, 0.3) is 0 Å². The first-order valence-electron chi connectivity index (χ1n) is 26.6. The van der Waals surface area contributed by atoms with Gasteiger partial charge in [-0.1, -0.05) is 72.3 Å². The molecule has 8 rings (SSSR count). The topological polar surface area (TPSA) is 302 Å². The largest absolute Gasteiger partial charge is 0.481 e. The average Bonchev–Trinajstić information content (AvgIpc) is 4.25. The Morgan fingerprint density at radius 2 is 1.28 bits per heavy atom. The van der Waals surface area contributed by atoms with E-state index in [1.54, 1.807) is 24.8 Å². The highest BCUT2D eigenvalue weighted by molar-refractivity contribution is 5.95. The number of aliphatic carboxylic acids is 2. The maximum Gasteiger partial charge on any atom is 0.305 e. The first kappa shape index (κ1) is 56.6. The molecule has 0 saturated carbocycles. The van der Waals surface area contributed by atoms with Gasteiger partial charge in [0.1, 0.15) is 30.5 Å². The molecule has 416 valence electrons. The van der Waals surface area contributed by atoms with Gasteiger partial charge in [-0.25, -0.2) is 0 Å². The molecule has 4 aliphatic rings. The van der Waals surface area contributed by atoms with Gasteiger partial charge in [0.15, 0.2) is 0 Å². The molecule has 21 nitrogen and oxygen atoms in total. The molecule has 9 N–H and O–H groups in total. The van der Waals surface area contributed by atoms with Crippen LogP contribution in [-0.4, -0.2) is 136 Å². The van der Waals surface area contributed by atoms with E-state index >= 15 is 0 Å². The fourth-order valence-corrected chi connectivity index (χ4v) is 10.9. The third-order valence-electron chi connectivity index (χ3n) is 14.8. The number of nitrogens with one attached hydrogen (secondary N) is 7. The minimum Gasteiger partial charge on any atom is -0.481 e. The van der Waals surface area contributed by atoms with Gasteiger partial charge in [-0.3, -0.25) is 43.2 Å². The van der Waals surface area contributed by atoms with Crippen molar-refractivity contribution in [3.63, 3.8) is 0 Å². The highest BCUT2D eigenvalue weighted by Gasteiger charge is 2.40. The number of unbranched alkanes of at least 4 members (excludes halogenated alkanes) is 1. The van der Waals surface area contributed by atoms with Crippen LogP contribution in [0.15, 0.2) is 78.9 Å². The number of rotatable bonds is 22. The molecule has 4 heterocycles. The van der Waals surface area contributed by atoms with E-state index in [9.17, 15) is 58.2 Å². The Morgan fingerprint density at radius 3 is 1.97 bits per heavy atom. The van der Waals surface area contributed by atoms with E-state index in [2.05, 4.69) is 37.2 Å². The minimum atomic E-state index is -1.36. The molecule has 0 radical (unpaired) electrons. The molecule has 4 aliphatic heterocycles. The highest BCUT2D eigenvalue weighted by atomic mass is 16.4. The molecule has 0 fully saturated rings. The van der Waals surface area contributed by atoms with Crippen LogP contribution in [0.1, 0.15) is 108 Å². The smallest absolute Gasteiger partial charge is 0.305 e. The summed E-state index contributed by atoms with van der Waals surface area (Å²) in [6, 6.07) is 20.1. The first-order valence-corrected chi connectivity index (χ1v) is 26.6. The average molecular weight is 1080 g/mol. The Bertz CT molecular complexity index is 3040. The van der Waals surface area contributed by atoms with Gasteiger partial charge < -0.3 is 62.0 Å². The zero-order valence-corrected chi connectivity index (χ0v) is 44.4. The lowest BCUT2D eigenvalue weighted by Gasteiger charge is -2.38. The van der Waals surface area contributed by atoms with Crippen molar-refractivity contribution in [3.8, 4) is 0 Å². The Morgan fingerprint density at radius 1 is 0.658 bits per heavy atom. The summed E-state index contributed by atoms with van der Waals surface area (Å²) in [7, 11) is 0. The molecule has 21 heteroatoms. The molecule has 7 amide bonds. The fourth-order valence-electron chi connectivity index (χ4n) is 10.9. The van der Waals surface area contributed by atoms with E-state index < -0.39 is 90.8 Å². The maximum atomic E-state index is 13.9. The number of para-hydroxylation sites is 1. The van der Waals surface area contributed by atoms with E-state index in [1.807, 2.05) is 79.7 Å². The van der Waals surface area contributed by atoms with Crippen molar-refractivity contribution in [1.29, 1.82) is 0 Å². The Labute approximate surface area is 457 Å². The van der Waals surface area contributed by atoms with Crippen LogP contribution >= 0.6 is 0 Å². The lowest BCUT2D eigenvalue weighted by atomic mass is 9.89. The standard InChI is InChI=1S/C58H67N9O12/c1-33-11-15-41-36(22-33)17-20-66(53(41)57(79)65-58(2,3)29-51(74)75)48(70)10-6-7-19-59-54(76)45-27-39-14-12-35(25-44(39)64-45)23-34-13-16-42-37(24-34)18-21-67(52(42)56(78)62-40(32-68)28-50(72)73)49(71)31-60-47(69)30-61-55(77)46-26-38-8-4-5-9-43(38)63-46/h4-5,8-9,11-16,22,24-25,32,40,45-46,52-53,63-64H,6-7,10,17-21,23,26-31H2,1-3H3,(H,59,76)(H,60,69)(H,61,77)(H,62,78)(H,65,79)(H,72,73)(H,74,75)/t40-,45-,46-,52-,53-/m0/s1. The van der Waals surface area contributed by atoms with Crippen molar-refractivity contribution in [1.82, 2.24) is 36.4 Å². The predicted octanol–water partition coefficient (Wildman–Crippen LogP) is 2.56. The summed E-state index contributed by atoms with van der Waals surface area (Å²) in [5.74, 6) is -5.57. The fraction of sp³-hybridized carbons (Fsp3) is 0.414. The highest BCUT2D eigenvalue weighted by Crippen LogP contribution is 2.35. The molecule has 0 spiro atoms. The molecule has 79 heavy (non-hydrogen) atoms. The van der Waals surface area contributed by atoms with Crippen LogP contribution in [0, 0.1) is 6.92 Å². The van der Waals surface area contributed by atoms with Gasteiger partial charge in [-0.05, 0) is 110 Å². The Kier molecular flexibility index (Phi) is 17.8. The van der Waals surface area contributed by atoms with Crippen LogP contribution < -0.4 is 37.2 Å². The van der Waals surface area contributed by atoms with Gasteiger partial charge in [0.2, 0.25) is 41.4 Å². The minimum absolute atomic E-state index is 0.0643. The van der Waals surface area contributed by atoms with Gasteiger partial charge in [0.05, 0.1) is 32.0 Å². The van der Waals surface area contributed by atoms with Crippen LogP contribution in [0.2, 0.25) is 0 Å². The molecule has 0 aromatic heterocycles. The summed E-state index contributed by atoms with van der Waals surface area (Å²) in [5, 5.41) is 38.6. The summed E-state index contributed by atoms with van der Waals surface area (Å²) < 4.78 is 0. The number of hydrogen-bond acceptors (Lipinski definition) is 12. The van der Waals surface area contributed by atoms with Crippen LogP contribution in [0.3, 0.4) is 0 Å². The molecule has 4 aromatic carbocycles. The molecule has 4 aromatic rings. The van der Waals surface area contributed by atoms with Crippen LogP contribution in [0.5, 0.6) is 0 Å². The third kappa shape index (κ3) is 14.1. The zero-order chi connectivity index (χ0) is 56.5. The summed E-state index contributed by atoms with van der Waals surface area (Å²) in [6.07, 6.45) is 2.83. The zero-order valence-electron chi connectivity index (χ0n) is 44.4. The second-order valence-electron chi connectivity index (χ2n) is 21.4. The van der Waals surface area contributed by atoms with Gasteiger partial charge in [0, 0.05) is 55.8 Å². The monoisotopic (exact) mass is 1080 g/mol. The number of carboxylic acid groups (broad SMARTS) is 2. The SMILES string of the molecule is Cc1ccc2c(c1)CCN(C(=O)CCCCNC(=O)[C@@H]1Cc3ccc(Cc4ccc5c(c4)CCN(C(=O)CNC(=O)CNC(=O)[C@@H]4Cc6ccccc6N4)[C@@H]5C(=O)N[C@H](C=O)CC(=O)O)cc3N1)[C@@H]2C(=O)NC(C)(C)CC(=O)O. The third-order valence-corrected chi connectivity index (χ3v) is 14.8. The molecule has 5 atom stereocenters.